The Morgan fingerprint density at radius 1 is 1.35 bits per heavy atom. The summed E-state index contributed by atoms with van der Waals surface area (Å²) in [7, 11) is 1.91. The Bertz CT molecular complexity index is 422. The van der Waals surface area contributed by atoms with Crippen LogP contribution in [-0.4, -0.2) is 7.05 Å². The number of hydrogen-bond acceptors (Lipinski definition) is 2. The average molecular weight is 230 g/mol. The van der Waals surface area contributed by atoms with E-state index in [0.29, 0.717) is 6.42 Å². The first-order chi connectivity index (χ1) is 7.90. The van der Waals surface area contributed by atoms with Gasteiger partial charge in [-0.15, -0.1) is 0 Å². The highest BCUT2D eigenvalue weighted by Crippen LogP contribution is 2.28. The van der Waals surface area contributed by atoms with E-state index in [4.69, 9.17) is 5.26 Å². The number of nitrogens with zero attached hydrogens (tertiary/aromatic N) is 1. The van der Waals surface area contributed by atoms with E-state index < -0.39 is 0 Å². The van der Waals surface area contributed by atoms with Gasteiger partial charge in [-0.1, -0.05) is 39.0 Å². The fraction of sp³-hybridized carbons (Fsp3) is 0.533. The van der Waals surface area contributed by atoms with Crippen LogP contribution >= 0.6 is 0 Å². The molecule has 0 fully saturated rings. The monoisotopic (exact) mass is 230 g/mol. The summed E-state index contributed by atoms with van der Waals surface area (Å²) in [6.07, 6.45) is 0.505. The summed E-state index contributed by atoms with van der Waals surface area (Å²) >= 11 is 0. The molecular weight excluding hydrogens is 208 g/mol. The molecule has 92 valence electrons. The molecule has 17 heavy (non-hydrogen) atoms. The highest BCUT2D eigenvalue weighted by Gasteiger charge is 2.17. The molecule has 2 nitrogen and oxygen atoms in total. The number of rotatable bonds is 3. The summed E-state index contributed by atoms with van der Waals surface area (Å²) in [5.41, 5.74) is 3.94. The van der Waals surface area contributed by atoms with Crippen LogP contribution in [0.2, 0.25) is 0 Å². The van der Waals surface area contributed by atoms with Crippen molar-refractivity contribution in [2.75, 3.05) is 7.05 Å². The fourth-order valence-corrected chi connectivity index (χ4v) is 1.94. The van der Waals surface area contributed by atoms with Crippen LogP contribution in [0.3, 0.4) is 0 Å². The molecule has 1 unspecified atom stereocenters. The lowest BCUT2D eigenvalue weighted by Gasteiger charge is -2.23. The van der Waals surface area contributed by atoms with E-state index in [2.05, 4.69) is 57.3 Å². The lowest BCUT2D eigenvalue weighted by atomic mass is 9.84. The Hall–Kier alpha value is -1.33. The van der Waals surface area contributed by atoms with Gasteiger partial charge in [0.1, 0.15) is 0 Å². The molecule has 1 N–H and O–H groups in total. The Balaban J connectivity index is 3.19. The third-order valence-electron chi connectivity index (χ3n) is 3.16. The van der Waals surface area contributed by atoms with Crippen molar-refractivity contribution in [3.05, 3.63) is 34.9 Å². The summed E-state index contributed by atoms with van der Waals surface area (Å²) < 4.78 is 0. The zero-order chi connectivity index (χ0) is 13.1. The predicted octanol–water partition coefficient (Wildman–Crippen LogP) is 3.47. The maximum atomic E-state index is 8.86. The van der Waals surface area contributed by atoms with E-state index in [1.165, 1.54) is 16.7 Å². The summed E-state index contributed by atoms with van der Waals surface area (Å²) in [6.45, 7) is 8.73. The molecule has 0 saturated carbocycles. The van der Waals surface area contributed by atoms with Crippen LogP contribution in [0.4, 0.5) is 0 Å². The Morgan fingerprint density at radius 2 is 2.00 bits per heavy atom. The van der Waals surface area contributed by atoms with Crippen LogP contribution in [0.25, 0.3) is 0 Å². The van der Waals surface area contributed by atoms with Crippen LogP contribution < -0.4 is 5.32 Å². The molecule has 0 aromatic heterocycles. The van der Waals surface area contributed by atoms with Crippen LogP contribution in [0.1, 0.15) is 49.9 Å². The summed E-state index contributed by atoms with van der Waals surface area (Å²) in [5, 5.41) is 12.1. The first kappa shape index (κ1) is 13.7. The van der Waals surface area contributed by atoms with Crippen LogP contribution in [0.5, 0.6) is 0 Å². The zero-order valence-electron chi connectivity index (χ0n) is 11.5. The van der Waals surface area contributed by atoms with Gasteiger partial charge in [0.25, 0.3) is 0 Å². The molecular formula is C15H22N2. The molecule has 0 amide bonds. The lowest BCUT2D eigenvalue weighted by molar-refractivity contribution is 0.576. The minimum absolute atomic E-state index is 0.127. The Morgan fingerprint density at radius 3 is 2.47 bits per heavy atom. The van der Waals surface area contributed by atoms with E-state index in [1.807, 2.05) is 7.05 Å². The first-order valence-electron chi connectivity index (χ1n) is 6.05. The second-order valence-corrected chi connectivity index (χ2v) is 5.52. The van der Waals surface area contributed by atoms with E-state index >= 15 is 0 Å². The predicted molar refractivity (Wildman–Crippen MR) is 71.9 cm³/mol. The molecule has 1 rings (SSSR count). The third kappa shape index (κ3) is 3.31. The van der Waals surface area contributed by atoms with Gasteiger partial charge in [-0.2, -0.15) is 5.26 Å². The zero-order valence-corrected chi connectivity index (χ0v) is 11.5. The summed E-state index contributed by atoms with van der Waals surface area (Å²) in [4.78, 5) is 0. The number of aryl methyl sites for hydroxylation is 1. The van der Waals surface area contributed by atoms with Gasteiger partial charge in [-0.3, -0.25) is 0 Å². The van der Waals surface area contributed by atoms with Gasteiger partial charge in [0.2, 0.25) is 0 Å². The van der Waals surface area contributed by atoms with Crippen molar-refractivity contribution in [3.63, 3.8) is 0 Å². The first-order valence-corrected chi connectivity index (χ1v) is 6.05. The highest BCUT2D eigenvalue weighted by molar-refractivity contribution is 5.36. The SMILES string of the molecule is CNC(CC#N)c1cc(C(C)(C)C)ccc1C. The van der Waals surface area contributed by atoms with Crippen molar-refractivity contribution < 1.29 is 0 Å². The van der Waals surface area contributed by atoms with Crippen LogP contribution in [0.15, 0.2) is 18.2 Å². The third-order valence-corrected chi connectivity index (χ3v) is 3.16. The second kappa shape index (κ2) is 5.33. The van der Waals surface area contributed by atoms with Gasteiger partial charge in [0.05, 0.1) is 12.5 Å². The van der Waals surface area contributed by atoms with Crippen LogP contribution in [-0.2, 0) is 5.41 Å². The quantitative estimate of drug-likeness (QED) is 0.863. The number of hydrogen-bond donors (Lipinski definition) is 1. The number of nitriles is 1. The van der Waals surface area contributed by atoms with Gasteiger partial charge < -0.3 is 5.32 Å². The molecule has 2 heteroatoms. The van der Waals surface area contributed by atoms with Crippen molar-refractivity contribution in [1.29, 1.82) is 5.26 Å². The second-order valence-electron chi connectivity index (χ2n) is 5.52. The lowest BCUT2D eigenvalue weighted by Crippen LogP contribution is -2.19. The largest absolute Gasteiger partial charge is 0.312 e. The molecule has 0 heterocycles. The smallest absolute Gasteiger partial charge is 0.0641 e. The maximum absolute atomic E-state index is 8.86. The van der Waals surface area contributed by atoms with E-state index in [9.17, 15) is 0 Å². The topological polar surface area (TPSA) is 35.8 Å². The van der Waals surface area contributed by atoms with Crippen LogP contribution in [0, 0.1) is 18.3 Å². The Labute approximate surface area is 105 Å². The molecule has 0 bridgehead atoms. The molecule has 0 radical (unpaired) electrons. The maximum Gasteiger partial charge on any atom is 0.0641 e. The minimum Gasteiger partial charge on any atom is -0.312 e. The van der Waals surface area contributed by atoms with Gasteiger partial charge in [-0.05, 0) is 36.1 Å². The van der Waals surface area contributed by atoms with Crippen molar-refractivity contribution >= 4 is 0 Å². The van der Waals surface area contributed by atoms with Crippen molar-refractivity contribution in [2.45, 2.75) is 45.6 Å². The van der Waals surface area contributed by atoms with E-state index in [1.54, 1.807) is 0 Å². The van der Waals surface area contributed by atoms with Gasteiger partial charge in [0.15, 0.2) is 0 Å². The van der Waals surface area contributed by atoms with Crippen molar-refractivity contribution in [3.8, 4) is 6.07 Å². The molecule has 1 aromatic carbocycles. The molecule has 1 atom stereocenters. The summed E-state index contributed by atoms with van der Waals surface area (Å²) in [6, 6.07) is 8.93. The molecule has 0 aliphatic heterocycles. The standard InChI is InChI=1S/C15H22N2/c1-11-6-7-12(15(2,3)4)10-13(11)14(17-5)8-9-16/h6-7,10,14,17H,8H2,1-5H3. The molecule has 1 aromatic rings. The van der Waals surface area contributed by atoms with Gasteiger partial charge in [0, 0.05) is 6.04 Å². The van der Waals surface area contributed by atoms with Gasteiger partial charge >= 0.3 is 0 Å². The molecule has 0 spiro atoms. The molecule has 0 aliphatic carbocycles. The van der Waals surface area contributed by atoms with Crippen molar-refractivity contribution in [1.82, 2.24) is 5.32 Å². The molecule has 0 aliphatic rings. The minimum atomic E-state index is 0.127. The van der Waals surface area contributed by atoms with Crippen molar-refractivity contribution in [2.24, 2.45) is 0 Å². The fourth-order valence-electron chi connectivity index (χ4n) is 1.94. The summed E-state index contributed by atoms with van der Waals surface area (Å²) in [5.74, 6) is 0. The van der Waals surface area contributed by atoms with E-state index in [-0.39, 0.29) is 11.5 Å². The van der Waals surface area contributed by atoms with Gasteiger partial charge in [-0.25, -0.2) is 0 Å². The average Bonchev–Trinajstić information content (AvgIpc) is 2.25. The normalized spacial score (nSPS) is 13.2. The Kier molecular flexibility index (Phi) is 4.31. The van der Waals surface area contributed by atoms with E-state index in [0.717, 1.165) is 0 Å². The number of benzene rings is 1. The molecule has 0 saturated heterocycles. The highest BCUT2D eigenvalue weighted by atomic mass is 14.9. The number of nitrogens with one attached hydrogen (secondary N) is 1.